The Morgan fingerprint density at radius 1 is 0.610 bits per heavy atom. The molecule has 4 aliphatic rings. The molecule has 9 rings (SSSR count). The van der Waals surface area contributed by atoms with Crippen LogP contribution in [-0.2, 0) is 5.41 Å². The highest BCUT2D eigenvalue weighted by Crippen LogP contribution is 2.67. The second-order valence-electron chi connectivity index (χ2n) is 23.2. The minimum Gasteiger partial charge on any atom is -0.194 e. The van der Waals surface area contributed by atoms with Crippen LogP contribution in [-0.4, -0.2) is 17.8 Å². The molecular weight excluding hydrogens is 1010 g/mol. The number of aryl methyl sites for hydroxylation is 6. The SMILES string of the molecule is CC1=C[C+](C#Cc2ccc3c(C4=C(c5c(C)sc6c5C=CC(=C=C=c5cc(C)c(=[C-]c7c(C)cc(C(C)(C)C)cc7C)c(C)c5)[CH-]6)C(F)(F)C(F)(F)C4(F)F)c(C)sc3c2)C=C(C)C1=C=C1C(C)=C[C+](C(C)(C)C)C=C1C. The minimum atomic E-state index is -5.71. The van der Waals surface area contributed by atoms with Crippen LogP contribution in [0.3, 0.4) is 0 Å². The van der Waals surface area contributed by atoms with Crippen molar-refractivity contribution in [3.63, 3.8) is 0 Å². The molecule has 0 amide bonds. The molecule has 0 N–H and O–H groups in total. The van der Waals surface area contributed by atoms with Crippen LogP contribution in [0.1, 0.15) is 140 Å². The van der Waals surface area contributed by atoms with Gasteiger partial charge in [-0.05, 0) is 86.6 Å². The summed E-state index contributed by atoms with van der Waals surface area (Å²) in [6, 6.07) is 13.3. The second kappa shape index (κ2) is 19.4. The average Bonchev–Trinajstić information content (AvgIpc) is 3.85. The Bertz CT molecular complexity index is 3850. The summed E-state index contributed by atoms with van der Waals surface area (Å²) in [5.74, 6) is -7.69. The number of thiophene rings is 2. The highest BCUT2D eigenvalue weighted by atomic mass is 32.1. The number of hydrogen-bond acceptors (Lipinski definition) is 2. The minimum absolute atomic E-state index is 0.0215. The van der Waals surface area contributed by atoms with Gasteiger partial charge in [0.25, 0.3) is 0 Å². The summed E-state index contributed by atoms with van der Waals surface area (Å²) in [5.41, 5.74) is 21.1. The normalized spacial score (nSPS) is 17.7. The van der Waals surface area contributed by atoms with E-state index in [-0.39, 0.29) is 42.7 Å². The number of alkyl halides is 6. The summed E-state index contributed by atoms with van der Waals surface area (Å²) >= 11 is 2.16. The molecule has 8 heteroatoms. The molecule has 0 radical (unpaired) electrons. The van der Waals surface area contributed by atoms with Crippen molar-refractivity contribution in [2.45, 2.75) is 134 Å². The average molecular weight is 1070 g/mol. The van der Waals surface area contributed by atoms with Crippen LogP contribution < -0.4 is 10.4 Å². The Hall–Kier alpha value is -6.67. The molecule has 0 spiro atoms. The maximum Gasteiger partial charge on any atom is 0.380 e. The van der Waals surface area contributed by atoms with Gasteiger partial charge in [0.1, 0.15) is 17.1 Å². The van der Waals surface area contributed by atoms with Gasteiger partial charge in [-0.2, -0.15) is 43.4 Å². The predicted molar refractivity (Wildman–Crippen MR) is 311 cm³/mol. The van der Waals surface area contributed by atoms with E-state index in [1.165, 1.54) is 37.5 Å². The Kier molecular flexibility index (Phi) is 13.8. The molecule has 5 aromatic rings. The molecule has 2 heterocycles. The van der Waals surface area contributed by atoms with Gasteiger partial charge in [0.15, 0.2) is 0 Å². The summed E-state index contributed by atoms with van der Waals surface area (Å²) in [7, 11) is 0. The molecule has 0 aliphatic heterocycles. The Morgan fingerprint density at radius 3 is 1.71 bits per heavy atom. The highest BCUT2D eigenvalue weighted by molar-refractivity contribution is 7.19. The van der Waals surface area contributed by atoms with E-state index in [9.17, 15) is 0 Å². The van der Waals surface area contributed by atoms with Gasteiger partial charge in [-0.25, -0.2) is 0 Å². The maximum atomic E-state index is 16.5. The first-order valence-electron chi connectivity index (χ1n) is 25.8. The van der Waals surface area contributed by atoms with Gasteiger partial charge in [0.05, 0.1) is 40.7 Å². The standard InChI is InChI=1S/C69H62F6S2/c1-37-25-49(26-38(2)55(37)35-57-41(5)29-51(30-42(57)6)65(11,12)13)19-17-47-21-23-53-59(33-47)76-45(9)61(53)63-64(68(72,73)69(74,75)67(63,70)71)62-46(10)77-60-34-48(22-24-54(60)62)18-20-50-27-39(3)56(40(4)28-50)36-58-43(7)31-52(32-44(58)8)66(14,15)16/h21-34H,1-16H3. The van der Waals surface area contributed by atoms with Crippen LogP contribution >= 0.6 is 22.7 Å². The molecule has 0 saturated carbocycles. The number of hydrogen-bond donors (Lipinski definition) is 0. The van der Waals surface area contributed by atoms with Gasteiger partial charge in [0.2, 0.25) is 0 Å². The van der Waals surface area contributed by atoms with E-state index in [1.54, 1.807) is 24.6 Å². The van der Waals surface area contributed by atoms with Gasteiger partial charge in [-0.15, -0.1) is 80.3 Å². The lowest BCUT2D eigenvalue weighted by Gasteiger charge is -2.26. The molecule has 0 nitrogen and oxygen atoms in total. The fourth-order valence-corrected chi connectivity index (χ4v) is 13.0. The molecule has 0 saturated heterocycles. The summed E-state index contributed by atoms with van der Waals surface area (Å²) in [6.45, 7) is 32.8. The molecule has 4 aliphatic carbocycles. The van der Waals surface area contributed by atoms with E-state index in [1.807, 2.05) is 52.0 Å². The first kappa shape index (κ1) is 55.1. The largest absolute Gasteiger partial charge is 0.380 e. The van der Waals surface area contributed by atoms with Gasteiger partial charge in [0, 0.05) is 80.2 Å². The van der Waals surface area contributed by atoms with Crippen LogP contribution in [0, 0.1) is 77.1 Å². The van der Waals surface area contributed by atoms with Crippen molar-refractivity contribution in [3.05, 3.63) is 222 Å². The monoisotopic (exact) mass is 1070 g/mol. The van der Waals surface area contributed by atoms with Crippen LogP contribution in [0.4, 0.5) is 26.3 Å². The summed E-state index contributed by atoms with van der Waals surface area (Å²) < 4.78 is 98.2. The van der Waals surface area contributed by atoms with E-state index in [4.69, 9.17) is 0 Å². The lowest BCUT2D eigenvalue weighted by atomic mass is 9.74. The Morgan fingerprint density at radius 2 is 1.16 bits per heavy atom. The molecule has 0 fully saturated rings. The zero-order chi connectivity index (χ0) is 56.2. The van der Waals surface area contributed by atoms with E-state index < -0.39 is 28.9 Å². The van der Waals surface area contributed by atoms with Crippen molar-refractivity contribution in [3.8, 4) is 11.8 Å². The van der Waals surface area contributed by atoms with Crippen LogP contribution in [0.15, 0.2) is 123 Å². The van der Waals surface area contributed by atoms with E-state index in [2.05, 4.69) is 129 Å². The number of fused-ring (bicyclic) bond motifs is 2. The van der Waals surface area contributed by atoms with Gasteiger partial charge < -0.3 is 0 Å². The molecule has 77 heavy (non-hydrogen) atoms. The molecule has 392 valence electrons. The number of benzene rings is 3. The van der Waals surface area contributed by atoms with Crippen molar-refractivity contribution in [2.75, 3.05) is 0 Å². The highest BCUT2D eigenvalue weighted by Gasteiger charge is 2.80. The quantitative estimate of drug-likeness (QED) is 0.0731. The summed E-state index contributed by atoms with van der Waals surface area (Å²) in [5, 5.41) is 1.92. The number of rotatable bonds is 3. The Balaban J connectivity index is 1.06. The van der Waals surface area contributed by atoms with E-state index in [0.29, 0.717) is 20.7 Å². The third-order valence-corrected chi connectivity index (χ3v) is 17.1. The van der Waals surface area contributed by atoms with E-state index in [0.717, 1.165) is 100 Å². The van der Waals surface area contributed by atoms with Crippen LogP contribution in [0.2, 0.25) is 0 Å². The third-order valence-electron chi connectivity index (χ3n) is 15.0. The van der Waals surface area contributed by atoms with Crippen LogP contribution in [0.5, 0.6) is 0 Å². The molecule has 0 bridgehead atoms. The van der Waals surface area contributed by atoms with Crippen molar-refractivity contribution in [1.82, 2.24) is 0 Å². The zero-order valence-electron chi connectivity index (χ0n) is 46.7. The smallest absolute Gasteiger partial charge is 0.194 e. The number of allylic oxidation sites excluding steroid dienone is 13. The Labute approximate surface area is 459 Å². The predicted octanol–water partition coefficient (Wildman–Crippen LogP) is 18.2. The lowest BCUT2D eigenvalue weighted by Crippen LogP contribution is -2.49. The molecule has 0 unspecified atom stereocenters. The molecule has 3 aromatic carbocycles. The zero-order valence-corrected chi connectivity index (χ0v) is 48.3. The van der Waals surface area contributed by atoms with Gasteiger partial charge in [-0.1, -0.05) is 95.7 Å². The van der Waals surface area contributed by atoms with Crippen molar-refractivity contribution < 1.29 is 26.3 Å². The first-order chi connectivity index (χ1) is 35.8. The van der Waals surface area contributed by atoms with Crippen molar-refractivity contribution in [1.29, 1.82) is 0 Å². The lowest BCUT2D eigenvalue weighted by molar-refractivity contribution is -0.254. The second-order valence-corrected chi connectivity index (χ2v) is 25.7. The fraction of sp³-hybridized carbons (Fsp3) is 0.304. The summed E-state index contributed by atoms with van der Waals surface area (Å²) in [6.07, 6.45) is 17.0. The van der Waals surface area contributed by atoms with Crippen molar-refractivity contribution in [2.24, 2.45) is 5.41 Å². The van der Waals surface area contributed by atoms with E-state index >= 15 is 26.3 Å². The third kappa shape index (κ3) is 9.77. The summed E-state index contributed by atoms with van der Waals surface area (Å²) in [4.78, 5) is 0.883. The van der Waals surface area contributed by atoms with Crippen LogP contribution in [0.25, 0.3) is 39.1 Å². The topological polar surface area (TPSA) is 0 Å². The molecule has 0 atom stereocenters. The molecular formula is C69H62F6S2. The molecule has 2 aromatic heterocycles. The van der Waals surface area contributed by atoms with Crippen molar-refractivity contribution >= 4 is 61.8 Å². The number of halogens is 6. The maximum absolute atomic E-state index is 16.5. The van der Waals surface area contributed by atoms with Gasteiger partial charge >= 0.3 is 17.8 Å². The van der Waals surface area contributed by atoms with Gasteiger partial charge in [-0.3, -0.25) is 0 Å². The fourth-order valence-electron chi connectivity index (χ4n) is 10.8. The first-order valence-corrected chi connectivity index (χ1v) is 27.4.